The van der Waals surface area contributed by atoms with Gasteiger partial charge in [-0.3, -0.25) is 4.79 Å². The molecule has 2 N–H and O–H groups in total. The molecule has 0 bridgehead atoms. The Morgan fingerprint density at radius 1 is 0.963 bits per heavy atom. The predicted molar refractivity (Wildman–Crippen MR) is 103 cm³/mol. The fourth-order valence-electron chi connectivity index (χ4n) is 3.74. The van der Waals surface area contributed by atoms with Crippen molar-refractivity contribution in [2.24, 2.45) is 0 Å². The summed E-state index contributed by atoms with van der Waals surface area (Å²) in [4.78, 5) is 23.9. The monoisotopic (exact) mass is 369 g/mol. The number of benzene rings is 2. The number of carbonyl (C=O) groups is 2. The van der Waals surface area contributed by atoms with Crippen molar-refractivity contribution < 1.29 is 19.1 Å². The summed E-state index contributed by atoms with van der Waals surface area (Å²) in [6.07, 6.45) is 1.93. The molecule has 3 rings (SSSR count). The van der Waals surface area contributed by atoms with Crippen LogP contribution < -0.4 is 5.32 Å². The lowest BCUT2D eigenvalue weighted by Crippen LogP contribution is -2.34. The number of anilines is 1. The van der Waals surface area contributed by atoms with Gasteiger partial charge < -0.3 is 10.4 Å². The van der Waals surface area contributed by atoms with Crippen LogP contribution in [-0.4, -0.2) is 17.0 Å². The van der Waals surface area contributed by atoms with Crippen LogP contribution in [0.4, 0.5) is 10.1 Å². The molecule has 2 aromatic carbocycles. The number of nitrogens with one attached hydrogen (secondary N) is 1. The van der Waals surface area contributed by atoms with Crippen molar-refractivity contribution in [1.29, 1.82) is 0 Å². The van der Waals surface area contributed by atoms with Gasteiger partial charge in [0.1, 0.15) is 5.82 Å². The highest BCUT2D eigenvalue weighted by Gasteiger charge is 2.38. The minimum atomic E-state index is -1.20. The molecule has 1 aliphatic carbocycles. The lowest BCUT2D eigenvalue weighted by atomic mass is 9.63. The van der Waals surface area contributed by atoms with E-state index in [1.54, 1.807) is 18.2 Å². The van der Waals surface area contributed by atoms with Crippen LogP contribution in [0.25, 0.3) is 0 Å². The molecule has 5 heteroatoms. The van der Waals surface area contributed by atoms with Gasteiger partial charge in [0.05, 0.1) is 16.8 Å². The Hall–Kier alpha value is -2.69. The minimum absolute atomic E-state index is 0.00158. The van der Waals surface area contributed by atoms with E-state index in [0.717, 1.165) is 24.0 Å². The van der Waals surface area contributed by atoms with Gasteiger partial charge in [-0.05, 0) is 59.1 Å². The molecule has 1 amide bonds. The number of carboxylic acids is 1. The zero-order valence-electron chi connectivity index (χ0n) is 16.0. The van der Waals surface area contributed by atoms with Gasteiger partial charge in [0.2, 0.25) is 0 Å². The van der Waals surface area contributed by atoms with Crippen LogP contribution in [0.5, 0.6) is 0 Å². The second-order valence-electron chi connectivity index (χ2n) is 8.45. The number of fused-ring (bicyclic) bond motifs is 1. The lowest BCUT2D eigenvalue weighted by Gasteiger charge is -2.42. The Morgan fingerprint density at radius 2 is 1.48 bits per heavy atom. The molecule has 0 heterocycles. The molecular weight excluding hydrogens is 345 g/mol. The summed E-state index contributed by atoms with van der Waals surface area (Å²) in [5.74, 6) is -2.35. The van der Waals surface area contributed by atoms with Gasteiger partial charge >= 0.3 is 5.97 Å². The van der Waals surface area contributed by atoms with Gasteiger partial charge in [-0.1, -0.05) is 39.8 Å². The maximum Gasteiger partial charge on any atom is 0.336 e. The summed E-state index contributed by atoms with van der Waals surface area (Å²) in [6, 6.07) is 9.11. The molecule has 0 radical (unpaired) electrons. The fraction of sp³-hybridized carbons (Fsp3) is 0.364. The van der Waals surface area contributed by atoms with E-state index in [2.05, 4.69) is 33.0 Å². The van der Waals surface area contributed by atoms with Crippen LogP contribution in [0.3, 0.4) is 0 Å². The highest BCUT2D eigenvalue weighted by molar-refractivity contribution is 6.10. The van der Waals surface area contributed by atoms with E-state index in [4.69, 9.17) is 0 Å². The molecule has 2 aromatic rings. The van der Waals surface area contributed by atoms with E-state index < -0.39 is 17.7 Å². The Labute approximate surface area is 158 Å². The lowest BCUT2D eigenvalue weighted by molar-refractivity contribution is 0.0692. The van der Waals surface area contributed by atoms with Crippen molar-refractivity contribution in [3.05, 3.63) is 64.5 Å². The molecule has 1 aliphatic rings. The summed E-state index contributed by atoms with van der Waals surface area (Å²) >= 11 is 0. The van der Waals surface area contributed by atoms with Crippen molar-refractivity contribution in [3.63, 3.8) is 0 Å². The highest BCUT2D eigenvalue weighted by atomic mass is 19.1. The zero-order chi connectivity index (χ0) is 20.0. The molecule has 0 aromatic heterocycles. The SMILES string of the molecule is CC1(C)CCC(C)(C)c2cc(NC(=O)c3ccccc3C(=O)O)c(F)cc21. The number of carbonyl (C=O) groups excluding carboxylic acids is 1. The molecular formula is C22H24FNO3. The van der Waals surface area contributed by atoms with E-state index >= 15 is 0 Å². The van der Waals surface area contributed by atoms with Crippen LogP contribution in [0.1, 0.15) is 72.4 Å². The molecule has 0 saturated heterocycles. The molecule has 142 valence electrons. The molecule has 0 spiro atoms. The third-order valence-electron chi connectivity index (χ3n) is 5.59. The average Bonchev–Trinajstić information content (AvgIpc) is 2.60. The molecule has 0 aliphatic heterocycles. The third kappa shape index (κ3) is 3.46. The van der Waals surface area contributed by atoms with Crippen molar-refractivity contribution in [3.8, 4) is 0 Å². The van der Waals surface area contributed by atoms with Gasteiger partial charge in [-0.25, -0.2) is 9.18 Å². The number of carboxylic acid groups (broad SMARTS) is 1. The number of aromatic carboxylic acids is 1. The van der Waals surface area contributed by atoms with Crippen molar-refractivity contribution in [2.45, 2.75) is 51.4 Å². The normalized spacial score (nSPS) is 17.1. The molecule has 0 unspecified atom stereocenters. The van der Waals surface area contributed by atoms with Crippen LogP contribution in [-0.2, 0) is 10.8 Å². The zero-order valence-corrected chi connectivity index (χ0v) is 16.0. The van der Waals surface area contributed by atoms with Gasteiger partial charge in [0, 0.05) is 0 Å². The average molecular weight is 369 g/mol. The smallest absolute Gasteiger partial charge is 0.336 e. The Bertz CT molecular complexity index is 931. The van der Waals surface area contributed by atoms with Crippen molar-refractivity contribution >= 4 is 17.6 Å². The maximum atomic E-state index is 14.8. The van der Waals surface area contributed by atoms with Crippen LogP contribution >= 0.6 is 0 Å². The van der Waals surface area contributed by atoms with E-state index in [0.29, 0.717) is 0 Å². The second-order valence-corrected chi connectivity index (χ2v) is 8.45. The van der Waals surface area contributed by atoms with Gasteiger partial charge in [0.25, 0.3) is 5.91 Å². The quantitative estimate of drug-likeness (QED) is 0.789. The van der Waals surface area contributed by atoms with Crippen LogP contribution in [0.15, 0.2) is 36.4 Å². The minimum Gasteiger partial charge on any atom is -0.478 e. The van der Waals surface area contributed by atoms with Crippen LogP contribution in [0.2, 0.25) is 0 Å². The number of halogens is 1. The standard InChI is InChI=1S/C22H24FNO3/c1-21(2)9-10-22(3,4)16-12-18(17(23)11-15(16)21)24-19(25)13-7-5-6-8-14(13)20(26)27/h5-8,11-12H,9-10H2,1-4H3,(H,24,25)(H,26,27). The Morgan fingerprint density at radius 3 is 2.04 bits per heavy atom. The van der Waals surface area contributed by atoms with Crippen molar-refractivity contribution in [2.75, 3.05) is 5.32 Å². The van der Waals surface area contributed by atoms with Crippen molar-refractivity contribution in [1.82, 2.24) is 0 Å². The van der Waals surface area contributed by atoms with E-state index in [9.17, 15) is 19.1 Å². The number of hydrogen-bond acceptors (Lipinski definition) is 2. The Kier molecular flexibility index (Phi) is 4.58. The Balaban J connectivity index is 2.02. The second kappa shape index (κ2) is 6.48. The summed E-state index contributed by atoms with van der Waals surface area (Å²) in [7, 11) is 0. The van der Waals surface area contributed by atoms with E-state index in [1.165, 1.54) is 18.2 Å². The number of rotatable bonds is 3. The van der Waals surface area contributed by atoms with Gasteiger partial charge in [-0.15, -0.1) is 0 Å². The first-order chi connectivity index (χ1) is 12.5. The summed E-state index contributed by atoms with van der Waals surface area (Å²) in [5.41, 5.74) is 1.67. The summed E-state index contributed by atoms with van der Waals surface area (Å²) in [6.45, 7) is 8.43. The molecule has 0 atom stereocenters. The number of hydrogen-bond donors (Lipinski definition) is 2. The molecule has 0 saturated carbocycles. The topological polar surface area (TPSA) is 66.4 Å². The first-order valence-corrected chi connectivity index (χ1v) is 9.01. The van der Waals surface area contributed by atoms with E-state index in [1.807, 2.05) is 0 Å². The third-order valence-corrected chi connectivity index (χ3v) is 5.59. The maximum absolute atomic E-state index is 14.8. The predicted octanol–water partition coefficient (Wildman–Crippen LogP) is 5.13. The summed E-state index contributed by atoms with van der Waals surface area (Å²) < 4.78 is 14.8. The fourth-order valence-corrected chi connectivity index (χ4v) is 3.74. The molecule has 0 fully saturated rings. The largest absolute Gasteiger partial charge is 0.478 e. The van der Waals surface area contributed by atoms with Gasteiger partial charge in [0.15, 0.2) is 0 Å². The van der Waals surface area contributed by atoms with Gasteiger partial charge in [-0.2, -0.15) is 0 Å². The first-order valence-electron chi connectivity index (χ1n) is 9.01. The number of amides is 1. The van der Waals surface area contributed by atoms with E-state index in [-0.39, 0.29) is 27.6 Å². The molecule has 4 nitrogen and oxygen atoms in total. The highest BCUT2D eigenvalue weighted by Crippen LogP contribution is 2.47. The van der Waals surface area contributed by atoms with Crippen LogP contribution in [0, 0.1) is 5.82 Å². The summed E-state index contributed by atoms with van der Waals surface area (Å²) in [5, 5.41) is 11.8. The molecule has 27 heavy (non-hydrogen) atoms. The first kappa shape index (κ1) is 19.1.